The first-order chi connectivity index (χ1) is 12.5. The molecule has 0 saturated carbocycles. The fraction of sp³-hybridized carbons (Fsp3) is 0.176. The topological polar surface area (TPSA) is 98.0 Å². The summed E-state index contributed by atoms with van der Waals surface area (Å²) in [5, 5.41) is 18.5. The lowest BCUT2D eigenvalue weighted by atomic mass is 10.1. The van der Waals surface area contributed by atoms with E-state index in [1.807, 2.05) is 32.0 Å². The minimum absolute atomic E-state index is 0.0369. The molecule has 9 heteroatoms. The lowest BCUT2D eigenvalue weighted by molar-refractivity contribution is -0.385. The zero-order valence-corrected chi connectivity index (χ0v) is 14.9. The van der Waals surface area contributed by atoms with E-state index in [1.165, 1.54) is 18.3 Å². The smallest absolute Gasteiger partial charge is 0.282 e. The van der Waals surface area contributed by atoms with Crippen LogP contribution in [0, 0.1) is 24.0 Å². The fourth-order valence-electron chi connectivity index (χ4n) is 2.41. The zero-order valence-electron chi connectivity index (χ0n) is 14.1. The highest BCUT2D eigenvalue weighted by Gasteiger charge is 2.22. The molecular weight excluding hydrogens is 356 g/mol. The first-order valence-electron chi connectivity index (χ1n) is 7.70. The molecule has 1 heterocycles. The van der Waals surface area contributed by atoms with Gasteiger partial charge < -0.3 is 14.8 Å². The van der Waals surface area contributed by atoms with Gasteiger partial charge in [-0.3, -0.25) is 15.5 Å². The highest BCUT2D eigenvalue weighted by molar-refractivity contribution is 7.80. The molecule has 2 aromatic rings. The summed E-state index contributed by atoms with van der Waals surface area (Å²) < 4.78 is 10.4. The number of fused-ring (bicyclic) bond motifs is 1. The van der Waals surface area contributed by atoms with E-state index in [2.05, 4.69) is 15.8 Å². The van der Waals surface area contributed by atoms with Gasteiger partial charge in [-0.05, 0) is 49.3 Å². The summed E-state index contributed by atoms with van der Waals surface area (Å²) in [7, 11) is 0. The van der Waals surface area contributed by atoms with Gasteiger partial charge in [0.25, 0.3) is 5.69 Å². The molecule has 26 heavy (non-hydrogen) atoms. The van der Waals surface area contributed by atoms with Gasteiger partial charge in [0.2, 0.25) is 6.79 Å². The molecule has 0 fully saturated rings. The van der Waals surface area contributed by atoms with Crippen LogP contribution in [0.2, 0.25) is 0 Å². The highest BCUT2D eigenvalue weighted by atomic mass is 32.1. The summed E-state index contributed by atoms with van der Waals surface area (Å²) in [6, 6.07) is 8.66. The lowest BCUT2D eigenvalue weighted by Gasteiger charge is -2.11. The molecule has 0 saturated heterocycles. The van der Waals surface area contributed by atoms with Crippen LogP contribution < -0.4 is 20.2 Å². The fourth-order valence-corrected chi connectivity index (χ4v) is 2.57. The second-order valence-electron chi connectivity index (χ2n) is 5.59. The van der Waals surface area contributed by atoms with Crippen molar-refractivity contribution < 1.29 is 14.4 Å². The van der Waals surface area contributed by atoms with E-state index >= 15 is 0 Å². The van der Waals surface area contributed by atoms with Crippen LogP contribution in [0.5, 0.6) is 11.5 Å². The standard InChI is InChI=1S/C17H16N4O4S/c1-10-4-3-5-13(11(10)2)19-17(26)20-18-8-12-6-15-16(25-9-24-15)7-14(12)21(22)23/h3-8H,9H2,1-2H3,(H2,19,20,26)/b18-8-. The van der Waals surface area contributed by atoms with Crippen molar-refractivity contribution in [2.45, 2.75) is 13.8 Å². The molecule has 1 aliphatic rings. The summed E-state index contributed by atoms with van der Waals surface area (Å²) in [5.74, 6) is 0.780. The maximum atomic E-state index is 11.2. The molecule has 0 radical (unpaired) electrons. The number of anilines is 1. The molecular formula is C17H16N4O4S. The van der Waals surface area contributed by atoms with Crippen molar-refractivity contribution in [3.63, 3.8) is 0 Å². The third kappa shape index (κ3) is 3.72. The van der Waals surface area contributed by atoms with Gasteiger partial charge in [0, 0.05) is 5.69 Å². The van der Waals surface area contributed by atoms with Crippen molar-refractivity contribution in [3.05, 3.63) is 57.1 Å². The number of nitro benzene ring substituents is 1. The summed E-state index contributed by atoms with van der Waals surface area (Å²) >= 11 is 5.20. The summed E-state index contributed by atoms with van der Waals surface area (Å²) in [4.78, 5) is 10.7. The van der Waals surface area contributed by atoms with Crippen molar-refractivity contribution in [1.82, 2.24) is 5.43 Å². The van der Waals surface area contributed by atoms with Gasteiger partial charge in [0.05, 0.1) is 22.8 Å². The monoisotopic (exact) mass is 372 g/mol. The van der Waals surface area contributed by atoms with E-state index in [4.69, 9.17) is 21.7 Å². The van der Waals surface area contributed by atoms with E-state index in [1.54, 1.807) is 0 Å². The molecule has 3 rings (SSSR count). The number of thiocarbonyl (C=S) groups is 1. The third-order valence-electron chi connectivity index (χ3n) is 3.94. The van der Waals surface area contributed by atoms with Crippen molar-refractivity contribution in [3.8, 4) is 11.5 Å². The highest BCUT2D eigenvalue weighted by Crippen LogP contribution is 2.37. The minimum Gasteiger partial charge on any atom is -0.454 e. The Hall–Kier alpha value is -3.20. The molecule has 0 atom stereocenters. The molecule has 134 valence electrons. The second kappa shape index (κ2) is 7.36. The van der Waals surface area contributed by atoms with Crippen molar-refractivity contribution >= 4 is 34.9 Å². The Morgan fingerprint density at radius 3 is 2.77 bits per heavy atom. The van der Waals surface area contributed by atoms with E-state index in [0.29, 0.717) is 11.5 Å². The average molecular weight is 372 g/mol. The van der Waals surface area contributed by atoms with Crippen molar-refractivity contribution in [1.29, 1.82) is 0 Å². The number of ether oxygens (including phenoxy) is 2. The van der Waals surface area contributed by atoms with Crippen LogP contribution in [-0.4, -0.2) is 23.0 Å². The Balaban J connectivity index is 1.71. The van der Waals surface area contributed by atoms with Crippen LogP contribution in [0.4, 0.5) is 11.4 Å². The van der Waals surface area contributed by atoms with Gasteiger partial charge in [-0.2, -0.15) is 5.10 Å². The number of benzene rings is 2. The lowest BCUT2D eigenvalue weighted by Crippen LogP contribution is -2.24. The Bertz CT molecular complexity index is 914. The zero-order chi connectivity index (χ0) is 18.7. The van der Waals surface area contributed by atoms with Gasteiger partial charge in [-0.25, -0.2) is 0 Å². The Morgan fingerprint density at radius 2 is 2.04 bits per heavy atom. The number of hydrogen-bond donors (Lipinski definition) is 2. The van der Waals surface area contributed by atoms with Gasteiger partial charge in [-0.15, -0.1) is 0 Å². The largest absolute Gasteiger partial charge is 0.454 e. The predicted molar refractivity (Wildman–Crippen MR) is 102 cm³/mol. The molecule has 0 spiro atoms. The molecule has 0 amide bonds. The van der Waals surface area contributed by atoms with Crippen LogP contribution in [-0.2, 0) is 0 Å². The predicted octanol–water partition coefficient (Wildman–Crippen LogP) is 3.26. The number of hydrazone groups is 1. The number of nitro groups is 1. The van der Waals surface area contributed by atoms with Crippen molar-refractivity contribution in [2.75, 3.05) is 12.1 Å². The first kappa shape index (κ1) is 17.6. The normalized spacial score (nSPS) is 12.2. The molecule has 8 nitrogen and oxygen atoms in total. The average Bonchev–Trinajstić information content (AvgIpc) is 3.05. The number of rotatable bonds is 4. The van der Waals surface area contributed by atoms with Crippen molar-refractivity contribution in [2.24, 2.45) is 5.10 Å². The van der Waals surface area contributed by atoms with Gasteiger partial charge in [-0.1, -0.05) is 12.1 Å². The SMILES string of the molecule is Cc1cccc(NC(=S)N/N=C\c2cc3c(cc2[N+](=O)[O-])OCO3)c1C. The molecule has 2 aromatic carbocycles. The van der Waals surface area contributed by atoms with Crippen LogP contribution in [0.25, 0.3) is 0 Å². The van der Waals surface area contributed by atoms with E-state index < -0.39 is 4.92 Å². The number of hydrogen-bond acceptors (Lipinski definition) is 6. The van der Waals surface area contributed by atoms with Crippen LogP contribution >= 0.6 is 12.2 Å². The van der Waals surface area contributed by atoms with Crippen LogP contribution in [0.3, 0.4) is 0 Å². The Morgan fingerprint density at radius 1 is 1.31 bits per heavy atom. The summed E-state index contributed by atoms with van der Waals surface area (Å²) in [5.41, 5.74) is 5.88. The molecule has 0 aliphatic carbocycles. The van der Waals surface area contributed by atoms with Crippen LogP contribution in [0.15, 0.2) is 35.4 Å². The quantitative estimate of drug-likeness (QED) is 0.368. The van der Waals surface area contributed by atoms with E-state index in [0.717, 1.165) is 16.8 Å². The summed E-state index contributed by atoms with van der Waals surface area (Å²) in [6.07, 6.45) is 1.32. The summed E-state index contributed by atoms with van der Waals surface area (Å²) in [6.45, 7) is 4.03. The first-order valence-corrected chi connectivity index (χ1v) is 8.11. The molecule has 1 aliphatic heterocycles. The number of nitrogens with zero attached hydrogens (tertiary/aromatic N) is 2. The molecule has 0 aromatic heterocycles. The number of nitrogens with one attached hydrogen (secondary N) is 2. The third-order valence-corrected chi connectivity index (χ3v) is 4.13. The van der Waals surface area contributed by atoms with Gasteiger partial charge in [0.1, 0.15) is 0 Å². The van der Waals surface area contributed by atoms with Gasteiger partial charge >= 0.3 is 0 Å². The Kier molecular flexibility index (Phi) is 4.99. The maximum Gasteiger partial charge on any atom is 0.282 e. The second-order valence-corrected chi connectivity index (χ2v) is 6.00. The van der Waals surface area contributed by atoms with E-state index in [-0.39, 0.29) is 23.2 Å². The number of aryl methyl sites for hydroxylation is 1. The molecule has 2 N–H and O–H groups in total. The molecule has 0 unspecified atom stereocenters. The molecule has 0 bridgehead atoms. The Labute approximate surface area is 155 Å². The maximum absolute atomic E-state index is 11.2. The van der Waals surface area contributed by atoms with E-state index in [9.17, 15) is 10.1 Å². The minimum atomic E-state index is -0.504. The van der Waals surface area contributed by atoms with Crippen LogP contribution in [0.1, 0.15) is 16.7 Å². The van der Waals surface area contributed by atoms with Gasteiger partial charge in [0.15, 0.2) is 16.6 Å².